The molecule has 0 radical (unpaired) electrons. The van der Waals surface area contributed by atoms with Crippen LogP contribution in [0.3, 0.4) is 0 Å². The molecule has 0 aromatic rings. The molecule has 2 bridgehead atoms. The Morgan fingerprint density at radius 1 is 1.10 bits per heavy atom. The van der Waals surface area contributed by atoms with Crippen molar-refractivity contribution in [2.75, 3.05) is 19.8 Å². The number of fused-ring (bicyclic) bond motifs is 3. The van der Waals surface area contributed by atoms with Crippen LogP contribution in [-0.4, -0.2) is 31.7 Å². The summed E-state index contributed by atoms with van der Waals surface area (Å²) in [6.45, 7) is 3.56. The van der Waals surface area contributed by atoms with E-state index in [2.05, 4.69) is 0 Å². The van der Waals surface area contributed by atoms with Crippen LogP contribution in [0.25, 0.3) is 0 Å². The van der Waals surface area contributed by atoms with Crippen LogP contribution in [0.5, 0.6) is 0 Å². The second-order valence-electron chi connectivity index (χ2n) is 6.62. The van der Waals surface area contributed by atoms with Gasteiger partial charge in [-0.3, -0.25) is 0 Å². The number of ether oxygens (including phenoxy) is 3. The molecule has 1 atom stereocenters. The molecular weight excluding hydrogens is 266 g/mol. The van der Waals surface area contributed by atoms with Gasteiger partial charge in [0.25, 0.3) is 11.9 Å². The summed E-state index contributed by atoms with van der Waals surface area (Å²) in [6, 6.07) is 0. The fourth-order valence-corrected chi connectivity index (χ4v) is 3.04. The normalized spacial score (nSPS) is 45.6. The molecule has 3 saturated heterocycles. The Labute approximate surface area is 118 Å². The van der Waals surface area contributed by atoms with E-state index in [4.69, 9.17) is 14.2 Å². The first-order chi connectivity index (χ1) is 9.43. The van der Waals surface area contributed by atoms with Gasteiger partial charge in [0, 0.05) is 17.8 Å². The molecule has 0 spiro atoms. The molecule has 4 rings (SSSR count). The van der Waals surface area contributed by atoms with Crippen LogP contribution in [0.4, 0.5) is 8.78 Å². The Hall–Kier alpha value is -0.520. The molecule has 0 aromatic carbocycles. The molecule has 114 valence electrons. The monoisotopic (exact) mass is 288 g/mol. The summed E-state index contributed by atoms with van der Waals surface area (Å²) in [5.74, 6) is -4.86. The van der Waals surface area contributed by atoms with Gasteiger partial charge >= 0.3 is 0 Å². The van der Waals surface area contributed by atoms with Gasteiger partial charge in [-0.25, -0.2) is 8.78 Å². The first-order valence-electron chi connectivity index (χ1n) is 7.41. The van der Waals surface area contributed by atoms with E-state index in [9.17, 15) is 8.78 Å². The molecule has 0 saturated carbocycles. The zero-order valence-electron chi connectivity index (χ0n) is 11.9. The lowest BCUT2D eigenvalue weighted by Gasteiger charge is -2.51. The lowest BCUT2D eigenvalue weighted by Crippen LogP contribution is -2.60. The first kappa shape index (κ1) is 14.4. The highest BCUT2D eigenvalue weighted by Crippen LogP contribution is 2.45. The Bertz CT molecular complexity index is 370. The summed E-state index contributed by atoms with van der Waals surface area (Å²) in [7, 11) is 0. The topological polar surface area (TPSA) is 27.7 Å². The van der Waals surface area contributed by atoms with Crippen molar-refractivity contribution in [3.63, 3.8) is 0 Å². The summed E-state index contributed by atoms with van der Waals surface area (Å²) < 4.78 is 45.3. The largest absolute Gasteiger partial charge is 0.327 e. The van der Waals surface area contributed by atoms with E-state index in [1.54, 1.807) is 6.08 Å². The molecular formula is C15H22F2O3. The van der Waals surface area contributed by atoms with E-state index >= 15 is 0 Å². The van der Waals surface area contributed by atoms with Crippen LogP contribution in [0, 0.1) is 11.3 Å². The van der Waals surface area contributed by atoms with Gasteiger partial charge in [-0.2, -0.15) is 0 Å². The summed E-state index contributed by atoms with van der Waals surface area (Å²) >= 11 is 0. The maximum atomic E-state index is 14.2. The molecule has 0 N–H and O–H groups in total. The van der Waals surface area contributed by atoms with Crippen molar-refractivity contribution in [3.05, 3.63) is 12.2 Å². The van der Waals surface area contributed by atoms with Crippen molar-refractivity contribution in [2.24, 2.45) is 11.3 Å². The van der Waals surface area contributed by atoms with Crippen molar-refractivity contribution in [2.45, 2.75) is 50.9 Å². The van der Waals surface area contributed by atoms with Crippen LogP contribution in [-0.2, 0) is 14.2 Å². The van der Waals surface area contributed by atoms with Gasteiger partial charge in [0.15, 0.2) is 0 Å². The van der Waals surface area contributed by atoms with E-state index in [-0.39, 0.29) is 11.8 Å². The third-order valence-electron chi connectivity index (χ3n) is 4.48. The maximum absolute atomic E-state index is 14.2. The number of hydrogen-bond donors (Lipinski definition) is 0. The molecule has 5 heteroatoms. The van der Waals surface area contributed by atoms with Gasteiger partial charge in [-0.05, 0) is 25.3 Å². The fraction of sp³-hybridized carbons (Fsp3) is 0.867. The van der Waals surface area contributed by atoms with Crippen molar-refractivity contribution in [1.82, 2.24) is 0 Å². The highest BCUT2D eigenvalue weighted by Gasteiger charge is 2.53. The summed E-state index contributed by atoms with van der Waals surface area (Å²) in [5.41, 5.74) is -0.134. The zero-order chi connectivity index (χ0) is 14.3. The fourth-order valence-electron chi connectivity index (χ4n) is 3.04. The molecule has 0 amide bonds. The molecule has 1 aliphatic carbocycles. The zero-order valence-corrected chi connectivity index (χ0v) is 11.9. The Kier molecular flexibility index (Phi) is 3.63. The van der Waals surface area contributed by atoms with E-state index in [1.165, 1.54) is 0 Å². The van der Waals surface area contributed by atoms with Gasteiger partial charge in [-0.1, -0.05) is 19.4 Å². The predicted octanol–water partition coefficient (Wildman–Crippen LogP) is 3.50. The molecule has 3 aliphatic heterocycles. The van der Waals surface area contributed by atoms with Crippen LogP contribution in [0.15, 0.2) is 12.2 Å². The average molecular weight is 288 g/mol. The van der Waals surface area contributed by atoms with Crippen LogP contribution in [0.1, 0.15) is 39.0 Å². The van der Waals surface area contributed by atoms with E-state index in [0.29, 0.717) is 26.2 Å². The van der Waals surface area contributed by atoms with E-state index < -0.39 is 17.8 Å². The third kappa shape index (κ3) is 2.76. The second kappa shape index (κ2) is 5.04. The molecule has 20 heavy (non-hydrogen) atoms. The summed E-state index contributed by atoms with van der Waals surface area (Å²) in [5, 5.41) is 0. The van der Waals surface area contributed by atoms with Crippen LogP contribution >= 0.6 is 0 Å². The molecule has 3 nitrogen and oxygen atoms in total. The second-order valence-corrected chi connectivity index (χ2v) is 6.62. The van der Waals surface area contributed by atoms with Gasteiger partial charge < -0.3 is 14.2 Å². The Morgan fingerprint density at radius 2 is 1.75 bits per heavy atom. The number of hydrogen-bond acceptors (Lipinski definition) is 3. The smallest absolute Gasteiger partial charge is 0.283 e. The minimum atomic E-state index is -2.82. The Balaban J connectivity index is 1.72. The summed E-state index contributed by atoms with van der Waals surface area (Å²) in [4.78, 5) is 0. The quantitative estimate of drug-likeness (QED) is 0.728. The molecule has 3 fully saturated rings. The van der Waals surface area contributed by atoms with E-state index in [1.807, 2.05) is 6.92 Å². The van der Waals surface area contributed by atoms with Crippen LogP contribution in [0.2, 0.25) is 0 Å². The highest BCUT2D eigenvalue weighted by molar-refractivity contribution is 5.01. The Morgan fingerprint density at radius 3 is 2.40 bits per heavy atom. The molecule has 0 aromatic heterocycles. The minimum Gasteiger partial charge on any atom is -0.327 e. The van der Waals surface area contributed by atoms with Crippen molar-refractivity contribution >= 4 is 0 Å². The maximum Gasteiger partial charge on any atom is 0.283 e. The average Bonchev–Trinajstić information content (AvgIpc) is 2.41. The number of alkyl halides is 2. The van der Waals surface area contributed by atoms with Crippen LogP contribution < -0.4 is 0 Å². The van der Waals surface area contributed by atoms with Gasteiger partial charge in [-0.15, -0.1) is 0 Å². The van der Waals surface area contributed by atoms with Gasteiger partial charge in [0.1, 0.15) is 0 Å². The number of rotatable bonds is 2. The highest BCUT2D eigenvalue weighted by atomic mass is 19.3. The standard InChI is InChI=1S/C15H22F2O3/c1-13-9-18-15(19-10-13,20-11-13)8-12-6-4-2-3-5-7-14(12,16)17/h5,7,12H,2-4,6,8-11H2,1H3/b7-5-. The van der Waals surface area contributed by atoms with Crippen molar-refractivity contribution < 1.29 is 23.0 Å². The van der Waals surface area contributed by atoms with Gasteiger partial charge in [0.2, 0.25) is 0 Å². The van der Waals surface area contributed by atoms with E-state index in [0.717, 1.165) is 25.3 Å². The number of allylic oxidation sites excluding steroid dienone is 2. The minimum absolute atomic E-state index is 0.0976. The molecule has 1 unspecified atom stereocenters. The SMILES string of the molecule is CC12COC(CC3CCCC/C=C\C3(F)F)(OC1)OC2. The lowest BCUT2D eigenvalue weighted by molar-refractivity contribution is -0.472. The predicted molar refractivity (Wildman–Crippen MR) is 69.4 cm³/mol. The third-order valence-corrected chi connectivity index (χ3v) is 4.48. The molecule has 3 heterocycles. The molecule has 4 aliphatic rings. The van der Waals surface area contributed by atoms with Crippen molar-refractivity contribution in [1.29, 1.82) is 0 Å². The first-order valence-corrected chi connectivity index (χ1v) is 7.41. The number of halogens is 2. The lowest BCUT2D eigenvalue weighted by atomic mass is 9.86. The summed E-state index contributed by atoms with van der Waals surface area (Å²) in [6.07, 6.45) is 5.70. The van der Waals surface area contributed by atoms with Crippen molar-refractivity contribution in [3.8, 4) is 0 Å². The van der Waals surface area contributed by atoms with Gasteiger partial charge in [0.05, 0.1) is 19.8 Å².